The fourth-order valence-corrected chi connectivity index (χ4v) is 0. The summed E-state index contributed by atoms with van der Waals surface area (Å²) in [5.41, 5.74) is 0.495. The van der Waals surface area contributed by atoms with Crippen LogP contribution in [0.2, 0.25) is 3.43 Å². The van der Waals surface area contributed by atoms with E-state index < -0.39 is 0 Å². The van der Waals surface area contributed by atoms with Gasteiger partial charge in [0.2, 0.25) is 0 Å². The first-order valence-electron chi connectivity index (χ1n) is 3.04. The molecular weight excluding hydrogens is 203 g/mol. The Labute approximate surface area is 66.1 Å². The van der Waals surface area contributed by atoms with Crippen molar-refractivity contribution in [2.24, 2.45) is 5.41 Å². The van der Waals surface area contributed by atoms with Crippen LogP contribution >= 0.6 is 0 Å². The van der Waals surface area contributed by atoms with Crippen LogP contribution in [0.1, 0.15) is 34.6 Å². The zero-order chi connectivity index (χ0) is 7.00. The molecule has 0 fully saturated rings. The molecule has 0 nitrogen and oxygen atoms in total. The predicted molar refractivity (Wildman–Crippen MR) is 40.6 cm³/mol. The second-order valence-corrected chi connectivity index (χ2v) is 8.09. The molecule has 0 aliphatic rings. The van der Waals surface area contributed by atoms with Gasteiger partial charge in [-0.15, -0.1) is 0 Å². The molecule has 48 valence electrons. The van der Waals surface area contributed by atoms with Gasteiger partial charge in [0, 0.05) is 0 Å². The summed E-state index contributed by atoms with van der Waals surface area (Å²) in [6.07, 6.45) is 0. The van der Waals surface area contributed by atoms with Crippen molar-refractivity contribution in [1.29, 1.82) is 0 Å². The third-order valence-electron chi connectivity index (χ3n) is 1.93. The minimum atomic E-state index is 0.495. The summed E-state index contributed by atoms with van der Waals surface area (Å²) < 4.78 is 0.568. The molecule has 0 aromatic rings. The molecule has 0 spiro atoms. The molecule has 8 heavy (non-hydrogen) atoms. The van der Waals surface area contributed by atoms with Crippen LogP contribution in [0.25, 0.3) is 0 Å². The summed E-state index contributed by atoms with van der Waals surface area (Å²) >= 11 is 1.35. The van der Waals surface area contributed by atoms with E-state index in [1.165, 1.54) is 22.5 Å². The van der Waals surface area contributed by atoms with Gasteiger partial charge < -0.3 is 0 Å². The van der Waals surface area contributed by atoms with Crippen molar-refractivity contribution in [2.75, 3.05) is 0 Å². The fraction of sp³-hybridized carbons (Fsp3) is 1.00. The van der Waals surface area contributed by atoms with Gasteiger partial charge in [-0.05, 0) is 0 Å². The van der Waals surface area contributed by atoms with E-state index in [1.807, 2.05) is 0 Å². The van der Waals surface area contributed by atoms with Gasteiger partial charge in [0.15, 0.2) is 0 Å². The van der Waals surface area contributed by atoms with E-state index in [1.54, 1.807) is 0 Å². The van der Waals surface area contributed by atoms with Gasteiger partial charge in [-0.3, -0.25) is 0 Å². The van der Waals surface area contributed by atoms with Crippen molar-refractivity contribution < 1.29 is 0 Å². The van der Waals surface area contributed by atoms with Crippen LogP contribution in [0.15, 0.2) is 0 Å². The molecule has 0 unspecified atom stereocenters. The molecular formula is C7H16Sn. The van der Waals surface area contributed by atoms with Gasteiger partial charge in [-0.2, -0.15) is 0 Å². The van der Waals surface area contributed by atoms with Crippen LogP contribution in [-0.2, 0) is 0 Å². The van der Waals surface area contributed by atoms with Crippen LogP contribution in [0.3, 0.4) is 0 Å². The minimum absolute atomic E-state index is 0.495. The molecule has 0 aromatic carbocycles. The van der Waals surface area contributed by atoms with Crippen LogP contribution < -0.4 is 0 Å². The second kappa shape index (κ2) is 2.20. The molecule has 0 amide bonds. The van der Waals surface area contributed by atoms with Crippen molar-refractivity contribution >= 4 is 22.5 Å². The zero-order valence-corrected chi connectivity index (χ0v) is 9.87. The Hall–Kier alpha value is 0.799. The molecule has 0 rings (SSSR count). The normalized spacial score (nSPS) is 14.2. The first-order valence-corrected chi connectivity index (χ1v) is 4.69. The maximum atomic E-state index is 2.33. The second-order valence-electron chi connectivity index (χ2n) is 3.97. The Balaban J connectivity index is 4.02. The van der Waals surface area contributed by atoms with Crippen LogP contribution in [0, 0.1) is 5.41 Å². The van der Waals surface area contributed by atoms with Crippen LogP contribution in [0.5, 0.6) is 0 Å². The molecule has 0 saturated heterocycles. The number of rotatable bonds is 0. The predicted octanol–water partition coefficient (Wildman–Crippen LogP) is 2.13. The van der Waals surface area contributed by atoms with E-state index in [-0.39, 0.29) is 0 Å². The maximum absolute atomic E-state index is 2.33. The van der Waals surface area contributed by atoms with Crippen LogP contribution in [-0.4, -0.2) is 22.5 Å². The van der Waals surface area contributed by atoms with E-state index in [9.17, 15) is 0 Å². The first-order chi connectivity index (χ1) is 3.25. The summed E-state index contributed by atoms with van der Waals surface area (Å²) in [4.78, 5) is 0. The van der Waals surface area contributed by atoms with Crippen molar-refractivity contribution in [3.8, 4) is 0 Å². The van der Waals surface area contributed by atoms with E-state index in [4.69, 9.17) is 0 Å². The average molecular weight is 219 g/mol. The van der Waals surface area contributed by atoms with Crippen molar-refractivity contribution in [3.63, 3.8) is 0 Å². The Kier molecular flexibility index (Phi) is 2.42. The molecule has 0 aliphatic carbocycles. The van der Waals surface area contributed by atoms with Gasteiger partial charge in [-0.25, -0.2) is 0 Å². The summed E-state index contributed by atoms with van der Waals surface area (Å²) in [7, 11) is 0. The molecule has 1 heteroatoms. The molecule has 0 heterocycles. The molecule has 0 N–H and O–H groups in total. The average Bonchev–Trinajstić information content (AvgIpc) is 1.25. The van der Waals surface area contributed by atoms with Crippen LogP contribution in [0.4, 0.5) is 0 Å². The number of hydrogen-bond acceptors (Lipinski definition) is 0. The summed E-state index contributed by atoms with van der Waals surface area (Å²) in [6, 6.07) is 0. The van der Waals surface area contributed by atoms with Crippen molar-refractivity contribution in [2.45, 2.75) is 38.0 Å². The Morgan fingerprint density at radius 1 is 0.875 bits per heavy atom. The molecule has 0 atom stereocenters. The first kappa shape index (κ1) is 8.80. The monoisotopic (exact) mass is 220 g/mol. The Morgan fingerprint density at radius 2 is 1.00 bits per heavy atom. The van der Waals surface area contributed by atoms with Crippen molar-refractivity contribution in [1.82, 2.24) is 0 Å². The molecule has 2 radical (unpaired) electrons. The molecule has 0 aliphatic heterocycles. The number of hydrogen-bond donors (Lipinski definition) is 0. The topological polar surface area (TPSA) is 0 Å². The molecule has 0 aromatic heterocycles. The van der Waals surface area contributed by atoms with E-state index in [0.29, 0.717) is 8.85 Å². The summed E-state index contributed by atoms with van der Waals surface area (Å²) in [5, 5.41) is 0. The fourth-order valence-electron chi connectivity index (χ4n) is 0. The van der Waals surface area contributed by atoms with Gasteiger partial charge in [0.25, 0.3) is 0 Å². The van der Waals surface area contributed by atoms with Gasteiger partial charge in [0.05, 0.1) is 0 Å². The van der Waals surface area contributed by atoms with Gasteiger partial charge in [-0.1, -0.05) is 0 Å². The standard InChI is InChI=1S/C7H15.Sn.H/c1-6(2)7(3,4)5;;/h1-5H3;;. The quantitative estimate of drug-likeness (QED) is 0.547. The molecule has 0 bridgehead atoms. The Morgan fingerprint density at radius 3 is 1.00 bits per heavy atom. The Bertz CT molecular complexity index is 59.4. The van der Waals surface area contributed by atoms with E-state index in [0.717, 1.165) is 0 Å². The van der Waals surface area contributed by atoms with E-state index >= 15 is 0 Å². The molecule has 0 saturated carbocycles. The van der Waals surface area contributed by atoms with E-state index in [2.05, 4.69) is 34.6 Å². The third-order valence-corrected chi connectivity index (χ3v) is 4.40. The third kappa shape index (κ3) is 2.38. The zero-order valence-electron chi connectivity index (χ0n) is 6.58. The van der Waals surface area contributed by atoms with Gasteiger partial charge in [0.1, 0.15) is 0 Å². The summed E-state index contributed by atoms with van der Waals surface area (Å²) in [6.45, 7) is 11.6. The SMILES string of the molecule is CC(C)(C)[C](C)(C)[SnH]. The summed E-state index contributed by atoms with van der Waals surface area (Å²) in [5.74, 6) is 0. The van der Waals surface area contributed by atoms with Gasteiger partial charge >= 0.3 is 66.0 Å². The van der Waals surface area contributed by atoms with Crippen molar-refractivity contribution in [3.05, 3.63) is 0 Å².